The third-order valence-electron chi connectivity index (χ3n) is 4.16. The topological polar surface area (TPSA) is 66.7 Å². The number of aromatic nitrogens is 1. The first-order chi connectivity index (χ1) is 11.7. The molecule has 7 heteroatoms. The lowest BCUT2D eigenvalue weighted by Gasteiger charge is -2.34. The largest absolute Gasteiger partial charge is 0.443 e. The van der Waals surface area contributed by atoms with Gasteiger partial charge in [-0.3, -0.25) is 9.59 Å². The van der Waals surface area contributed by atoms with Gasteiger partial charge in [0.05, 0.1) is 4.88 Å². The third kappa shape index (κ3) is 2.67. The number of thiophene rings is 1. The summed E-state index contributed by atoms with van der Waals surface area (Å²) in [5.74, 6) is -0.00305. The molecule has 0 N–H and O–H groups in total. The second kappa shape index (κ2) is 6.09. The Morgan fingerprint density at radius 3 is 2.50 bits per heavy atom. The minimum atomic E-state index is -0.0449. The number of carbonyl (C=O) groups is 2. The molecule has 1 aromatic carbocycles. The Balaban J connectivity index is 1.43. The van der Waals surface area contributed by atoms with Gasteiger partial charge in [0.2, 0.25) is 0 Å². The molecule has 1 fully saturated rings. The molecule has 0 aliphatic carbocycles. The van der Waals surface area contributed by atoms with Crippen molar-refractivity contribution in [2.24, 2.45) is 0 Å². The van der Waals surface area contributed by atoms with Crippen molar-refractivity contribution in [3.63, 3.8) is 0 Å². The fourth-order valence-electron chi connectivity index (χ4n) is 2.84. The lowest BCUT2D eigenvalue weighted by Crippen LogP contribution is -2.50. The van der Waals surface area contributed by atoms with E-state index < -0.39 is 0 Å². The SMILES string of the molecule is O=C(c1ccc2ncoc2c1)N1CCN(C(=O)c2cccs2)CC1. The highest BCUT2D eigenvalue weighted by molar-refractivity contribution is 7.12. The quantitative estimate of drug-likeness (QED) is 0.718. The van der Waals surface area contributed by atoms with E-state index in [0.29, 0.717) is 37.3 Å². The van der Waals surface area contributed by atoms with Crippen LogP contribution in [0.5, 0.6) is 0 Å². The fourth-order valence-corrected chi connectivity index (χ4v) is 3.53. The Bertz CT molecular complexity index is 880. The molecule has 2 amide bonds. The number of oxazole rings is 1. The zero-order chi connectivity index (χ0) is 16.5. The van der Waals surface area contributed by atoms with Crippen molar-refractivity contribution in [3.8, 4) is 0 Å². The first-order valence-electron chi connectivity index (χ1n) is 7.68. The molecule has 2 aromatic heterocycles. The van der Waals surface area contributed by atoms with E-state index in [-0.39, 0.29) is 11.8 Å². The van der Waals surface area contributed by atoms with Crippen LogP contribution in [0.3, 0.4) is 0 Å². The number of amides is 2. The highest BCUT2D eigenvalue weighted by atomic mass is 32.1. The fraction of sp³-hybridized carbons (Fsp3) is 0.235. The standard InChI is InChI=1S/C17H15N3O3S/c21-16(12-3-4-13-14(10-12)23-11-18-13)19-5-7-20(8-6-19)17(22)15-2-1-9-24-15/h1-4,9-11H,5-8H2. The van der Waals surface area contributed by atoms with Crippen LogP contribution in [0.1, 0.15) is 20.0 Å². The third-order valence-corrected chi connectivity index (χ3v) is 5.02. The summed E-state index contributed by atoms with van der Waals surface area (Å²) in [5.41, 5.74) is 1.92. The summed E-state index contributed by atoms with van der Waals surface area (Å²) < 4.78 is 5.25. The monoisotopic (exact) mass is 341 g/mol. The Labute approximate surface area is 142 Å². The molecule has 24 heavy (non-hydrogen) atoms. The highest BCUT2D eigenvalue weighted by Crippen LogP contribution is 2.18. The van der Waals surface area contributed by atoms with Crippen LogP contribution in [-0.4, -0.2) is 52.8 Å². The van der Waals surface area contributed by atoms with Crippen molar-refractivity contribution >= 4 is 34.3 Å². The molecule has 6 nitrogen and oxygen atoms in total. The number of hydrogen-bond acceptors (Lipinski definition) is 5. The number of nitrogens with zero attached hydrogens (tertiary/aromatic N) is 3. The Kier molecular flexibility index (Phi) is 3.78. The molecular weight excluding hydrogens is 326 g/mol. The molecule has 4 rings (SSSR count). The van der Waals surface area contributed by atoms with Gasteiger partial charge in [-0.2, -0.15) is 0 Å². The summed E-state index contributed by atoms with van der Waals surface area (Å²) in [6.45, 7) is 2.16. The summed E-state index contributed by atoms with van der Waals surface area (Å²) in [7, 11) is 0. The van der Waals surface area contributed by atoms with Gasteiger partial charge in [-0.05, 0) is 29.6 Å². The number of carbonyl (C=O) groups excluding carboxylic acids is 2. The molecule has 0 spiro atoms. The number of piperazine rings is 1. The van der Waals surface area contributed by atoms with Gasteiger partial charge in [-0.1, -0.05) is 6.07 Å². The molecule has 122 valence electrons. The first-order valence-corrected chi connectivity index (χ1v) is 8.55. The minimum absolute atomic E-state index is 0.0418. The molecule has 1 aliphatic heterocycles. The van der Waals surface area contributed by atoms with E-state index in [1.165, 1.54) is 17.7 Å². The van der Waals surface area contributed by atoms with Crippen LogP contribution >= 0.6 is 11.3 Å². The summed E-state index contributed by atoms with van der Waals surface area (Å²) in [5, 5.41) is 1.90. The van der Waals surface area contributed by atoms with Gasteiger partial charge < -0.3 is 14.2 Å². The smallest absolute Gasteiger partial charge is 0.264 e. The maximum absolute atomic E-state index is 12.6. The Morgan fingerprint density at radius 1 is 1.04 bits per heavy atom. The normalized spacial score (nSPS) is 15.0. The van der Waals surface area contributed by atoms with Gasteiger partial charge in [0.1, 0.15) is 5.52 Å². The van der Waals surface area contributed by atoms with Crippen molar-refractivity contribution in [2.75, 3.05) is 26.2 Å². The molecule has 0 saturated carbocycles. The number of fused-ring (bicyclic) bond motifs is 1. The molecule has 1 aliphatic rings. The zero-order valence-corrected chi connectivity index (χ0v) is 13.7. The number of rotatable bonds is 2. The van der Waals surface area contributed by atoms with E-state index in [1.54, 1.807) is 28.0 Å². The van der Waals surface area contributed by atoms with Crippen molar-refractivity contribution in [1.82, 2.24) is 14.8 Å². The summed E-state index contributed by atoms with van der Waals surface area (Å²) >= 11 is 1.44. The predicted molar refractivity (Wildman–Crippen MR) is 90.1 cm³/mol. The lowest BCUT2D eigenvalue weighted by molar-refractivity contribution is 0.0538. The van der Waals surface area contributed by atoms with E-state index in [9.17, 15) is 9.59 Å². The molecule has 3 heterocycles. The van der Waals surface area contributed by atoms with E-state index in [0.717, 1.165) is 10.4 Å². The van der Waals surface area contributed by atoms with Crippen molar-refractivity contribution < 1.29 is 14.0 Å². The van der Waals surface area contributed by atoms with E-state index >= 15 is 0 Å². The van der Waals surface area contributed by atoms with Crippen LogP contribution in [0.4, 0.5) is 0 Å². The van der Waals surface area contributed by atoms with Crippen LogP contribution in [0.25, 0.3) is 11.1 Å². The van der Waals surface area contributed by atoms with Gasteiger partial charge in [0.15, 0.2) is 12.0 Å². The predicted octanol–water partition coefficient (Wildman–Crippen LogP) is 2.49. The van der Waals surface area contributed by atoms with E-state index in [4.69, 9.17) is 4.42 Å². The molecule has 0 atom stereocenters. The maximum atomic E-state index is 12.6. The van der Waals surface area contributed by atoms with Gasteiger partial charge in [0.25, 0.3) is 11.8 Å². The summed E-state index contributed by atoms with van der Waals surface area (Å²) in [4.78, 5) is 33.3. The van der Waals surface area contributed by atoms with Crippen molar-refractivity contribution in [3.05, 3.63) is 52.5 Å². The van der Waals surface area contributed by atoms with Crippen molar-refractivity contribution in [2.45, 2.75) is 0 Å². The molecule has 0 unspecified atom stereocenters. The number of hydrogen-bond donors (Lipinski definition) is 0. The van der Waals surface area contributed by atoms with Gasteiger partial charge in [-0.25, -0.2) is 4.98 Å². The van der Waals surface area contributed by atoms with Crippen LogP contribution in [0, 0.1) is 0 Å². The molecule has 0 bridgehead atoms. The van der Waals surface area contributed by atoms with Crippen LogP contribution < -0.4 is 0 Å². The van der Waals surface area contributed by atoms with Gasteiger partial charge in [0, 0.05) is 31.7 Å². The van der Waals surface area contributed by atoms with Crippen LogP contribution in [-0.2, 0) is 0 Å². The van der Waals surface area contributed by atoms with Gasteiger partial charge >= 0.3 is 0 Å². The molecule has 3 aromatic rings. The molecule has 0 radical (unpaired) electrons. The molecular formula is C17H15N3O3S. The van der Waals surface area contributed by atoms with Gasteiger partial charge in [-0.15, -0.1) is 11.3 Å². The average Bonchev–Trinajstić information content (AvgIpc) is 3.31. The lowest BCUT2D eigenvalue weighted by atomic mass is 10.1. The van der Waals surface area contributed by atoms with E-state index in [1.807, 2.05) is 17.5 Å². The minimum Gasteiger partial charge on any atom is -0.443 e. The zero-order valence-electron chi connectivity index (χ0n) is 12.8. The second-order valence-corrected chi connectivity index (χ2v) is 6.54. The number of benzene rings is 1. The second-order valence-electron chi connectivity index (χ2n) is 5.60. The Hall–Kier alpha value is -2.67. The summed E-state index contributed by atoms with van der Waals surface area (Å²) in [6.07, 6.45) is 1.37. The Morgan fingerprint density at radius 2 is 1.79 bits per heavy atom. The molecule has 1 saturated heterocycles. The van der Waals surface area contributed by atoms with Crippen LogP contribution in [0.2, 0.25) is 0 Å². The summed E-state index contributed by atoms with van der Waals surface area (Å²) in [6, 6.07) is 8.96. The van der Waals surface area contributed by atoms with Crippen molar-refractivity contribution in [1.29, 1.82) is 0 Å². The average molecular weight is 341 g/mol. The van der Waals surface area contributed by atoms with Crippen LogP contribution in [0.15, 0.2) is 46.5 Å². The maximum Gasteiger partial charge on any atom is 0.264 e. The first kappa shape index (κ1) is 14.9. The highest BCUT2D eigenvalue weighted by Gasteiger charge is 2.26. The van der Waals surface area contributed by atoms with E-state index in [2.05, 4.69) is 4.98 Å².